The molecule has 1 saturated heterocycles. The fraction of sp³-hybridized carbons (Fsp3) is 0.407. The summed E-state index contributed by atoms with van der Waals surface area (Å²) in [5.74, 6) is 1.84. The minimum Gasteiger partial charge on any atom is -0.495 e. The number of likely N-dealkylation sites (N-methyl/N-ethyl adjacent to an activating group) is 1. The Labute approximate surface area is 237 Å². The smallest absolute Gasteiger partial charge is 0.270 e. The Morgan fingerprint density at radius 1 is 1.02 bits per heavy atom. The van der Waals surface area contributed by atoms with Crippen molar-refractivity contribution in [1.82, 2.24) is 20.3 Å². The maximum absolute atomic E-state index is 13.7. The highest BCUT2D eigenvalue weighted by Crippen LogP contribution is 2.42. The predicted octanol–water partition coefficient (Wildman–Crippen LogP) is 4.00. The van der Waals surface area contributed by atoms with E-state index in [-0.39, 0.29) is 28.3 Å². The Morgan fingerprint density at radius 3 is 2.41 bits per heavy atom. The monoisotopic (exact) mass is 584 g/mol. The third kappa shape index (κ3) is 5.37. The van der Waals surface area contributed by atoms with Crippen molar-refractivity contribution in [2.24, 2.45) is 0 Å². The molecule has 13 nitrogen and oxygen atoms in total. The van der Waals surface area contributed by atoms with Crippen LogP contribution in [-0.2, 0) is 14.8 Å². The number of morpholine rings is 1. The highest BCUT2D eigenvalue weighted by atomic mass is 32.2. The molecular weight excluding hydrogens is 552 g/mol. The molecule has 2 aliphatic rings. The van der Waals surface area contributed by atoms with Crippen molar-refractivity contribution in [2.75, 3.05) is 58.1 Å². The molecular formula is C27H32N6O7S. The third-order valence-corrected chi connectivity index (χ3v) is 8.70. The molecule has 218 valence electrons. The Bertz CT molecular complexity index is 1660. The number of hydrogen-bond donors (Lipinski definition) is 3. The minimum absolute atomic E-state index is 0.00828. The van der Waals surface area contributed by atoms with E-state index >= 15 is 0 Å². The number of aromatic nitrogens is 3. The molecule has 1 saturated carbocycles. The SMILES string of the molecule is COc1cc2c(NS(=O)(=O)c3c(OC)cc([C@H]4CN(C)CCO4)cc3OC)noc2cc1Nc1cc(C2CC2)[nH]n1. The number of ether oxygens (including phenoxy) is 4. The summed E-state index contributed by atoms with van der Waals surface area (Å²) in [6.07, 6.45) is 2.06. The Morgan fingerprint density at radius 2 is 1.76 bits per heavy atom. The molecule has 3 N–H and O–H groups in total. The van der Waals surface area contributed by atoms with E-state index in [0.717, 1.165) is 30.6 Å². The van der Waals surface area contributed by atoms with Gasteiger partial charge in [0.05, 0.1) is 45.1 Å². The normalized spacial score (nSPS) is 17.9. The lowest BCUT2D eigenvalue weighted by molar-refractivity contribution is -0.0211. The van der Waals surface area contributed by atoms with Crippen molar-refractivity contribution >= 4 is 38.3 Å². The number of hydrogen-bond acceptors (Lipinski definition) is 11. The van der Waals surface area contributed by atoms with Gasteiger partial charge in [-0.05, 0) is 43.7 Å². The first-order chi connectivity index (χ1) is 19.8. The molecule has 2 fully saturated rings. The lowest BCUT2D eigenvalue weighted by Crippen LogP contribution is -2.35. The lowest BCUT2D eigenvalue weighted by Gasteiger charge is -2.30. The van der Waals surface area contributed by atoms with Crippen LogP contribution in [0.5, 0.6) is 17.2 Å². The fourth-order valence-corrected chi connectivity index (χ4v) is 6.27. The predicted molar refractivity (Wildman–Crippen MR) is 151 cm³/mol. The zero-order valence-electron chi connectivity index (χ0n) is 23.2. The average Bonchev–Trinajstić information content (AvgIpc) is 3.61. The summed E-state index contributed by atoms with van der Waals surface area (Å²) < 4.78 is 58.0. The standard InChI is InChI=1S/C27H32N6O7S/c1-33-7-8-39-24(14-33)16-9-22(37-3)26(23(10-16)38-4)41(34,35)32-27-17-11-21(36-2)19(12-20(17)40-31-27)28-25-13-18(29-30-25)15-5-6-15/h9-13,15,24H,5-8,14H2,1-4H3,(H,31,32)(H2,28,29,30)/t24-/m1/s1. The van der Waals surface area contributed by atoms with Gasteiger partial charge in [-0.15, -0.1) is 0 Å². The van der Waals surface area contributed by atoms with Crippen LogP contribution in [0.3, 0.4) is 0 Å². The maximum atomic E-state index is 13.7. The maximum Gasteiger partial charge on any atom is 0.270 e. The summed E-state index contributed by atoms with van der Waals surface area (Å²) in [5.41, 5.74) is 2.77. The van der Waals surface area contributed by atoms with Gasteiger partial charge in [-0.3, -0.25) is 9.82 Å². The van der Waals surface area contributed by atoms with Gasteiger partial charge in [0.15, 0.2) is 22.1 Å². The van der Waals surface area contributed by atoms with Crippen molar-refractivity contribution in [2.45, 2.75) is 29.8 Å². The van der Waals surface area contributed by atoms with Crippen molar-refractivity contribution in [3.63, 3.8) is 0 Å². The molecule has 0 amide bonds. The van der Waals surface area contributed by atoms with Crippen LogP contribution in [0.25, 0.3) is 11.0 Å². The summed E-state index contributed by atoms with van der Waals surface area (Å²) in [4.78, 5) is 1.98. The Kier molecular flexibility index (Phi) is 7.13. The van der Waals surface area contributed by atoms with Crippen molar-refractivity contribution in [3.8, 4) is 17.2 Å². The van der Waals surface area contributed by atoms with E-state index in [9.17, 15) is 8.42 Å². The van der Waals surface area contributed by atoms with Gasteiger partial charge in [0.25, 0.3) is 10.0 Å². The number of H-pyrrole nitrogens is 1. The van der Waals surface area contributed by atoms with Crippen LogP contribution >= 0.6 is 0 Å². The first-order valence-corrected chi connectivity index (χ1v) is 14.7. The third-order valence-electron chi connectivity index (χ3n) is 7.29. The second kappa shape index (κ2) is 10.8. The van der Waals surface area contributed by atoms with Crippen LogP contribution < -0.4 is 24.2 Å². The summed E-state index contributed by atoms with van der Waals surface area (Å²) in [5, 5.41) is 15.0. The van der Waals surface area contributed by atoms with E-state index < -0.39 is 10.0 Å². The number of methoxy groups -OCH3 is 3. The molecule has 1 atom stereocenters. The number of sulfonamides is 1. The minimum atomic E-state index is -4.24. The van der Waals surface area contributed by atoms with E-state index in [1.165, 1.54) is 21.3 Å². The summed E-state index contributed by atoms with van der Waals surface area (Å²) in [6, 6.07) is 8.61. The van der Waals surface area contributed by atoms with Crippen LogP contribution in [-0.4, -0.2) is 76.7 Å². The summed E-state index contributed by atoms with van der Waals surface area (Å²) >= 11 is 0. The van der Waals surface area contributed by atoms with Gasteiger partial charge in [-0.1, -0.05) is 5.16 Å². The number of benzene rings is 2. The first kappa shape index (κ1) is 27.2. The molecule has 0 bridgehead atoms. The number of nitrogens with one attached hydrogen (secondary N) is 3. The average molecular weight is 585 g/mol. The highest BCUT2D eigenvalue weighted by molar-refractivity contribution is 7.93. The van der Waals surface area contributed by atoms with Crippen molar-refractivity contribution in [3.05, 3.63) is 41.6 Å². The topological polar surface area (TPSA) is 153 Å². The van der Waals surface area contributed by atoms with Gasteiger partial charge >= 0.3 is 0 Å². The van der Waals surface area contributed by atoms with Gasteiger partial charge in [0.2, 0.25) is 0 Å². The molecule has 14 heteroatoms. The van der Waals surface area contributed by atoms with E-state index in [1.807, 2.05) is 13.1 Å². The molecule has 0 radical (unpaired) electrons. The van der Waals surface area contributed by atoms with Gasteiger partial charge < -0.3 is 33.7 Å². The van der Waals surface area contributed by atoms with Crippen molar-refractivity contribution < 1.29 is 31.9 Å². The number of fused-ring (bicyclic) bond motifs is 1. The lowest BCUT2D eigenvalue weighted by atomic mass is 10.1. The molecule has 3 heterocycles. The fourth-order valence-electron chi connectivity index (χ4n) is 4.96. The van der Waals surface area contributed by atoms with E-state index in [4.69, 9.17) is 23.5 Å². The molecule has 0 unspecified atom stereocenters. The van der Waals surface area contributed by atoms with Gasteiger partial charge in [0, 0.05) is 36.8 Å². The zero-order chi connectivity index (χ0) is 28.7. The first-order valence-electron chi connectivity index (χ1n) is 13.2. The molecule has 41 heavy (non-hydrogen) atoms. The van der Waals surface area contributed by atoms with Gasteiger partial charge in [0.1, 0.15) is 17.2 Å². The van der Waals surface area contributed by atoms with Crippen LogP contribution in [0.4, 0.5) is 17.3 Å². The Balaban J connectivity index is 1.31. The second-order valence-corrected chi connectivity index (χ2v) is 11.8. The highest BCUT2D eigenvalue weighted by Gasteiger charge is 2.31. The van der Waals surface area contributed by atoms with E-state index in [2.05, 4.69) is 30.3 Å². The molecule has 2 aromatic carbocycles. The van der Waals surface area contributed by atoms with Crippen LogP contribution in [0.1, 0.15) is 36.1 Å². The molecule has 0 spiro atoms. The summed E-state index contributed by atoms with van der Waals surface area (Å²) in [7, 11) is 2.10. The molecule has 2 aromatic heterocycles. The van der Waals surface area contributed by atoms with Crippen LogP contribution in [0.2, 0.25) is 0 Å². The van der Waals surface area contributed by atoms with Crippen LogP contribution in [0, 0.1) is 0 Å². The zero-order valence-corrected chi connectivity index (χ0v) is 24.0. The summed E-state index contributed by atoms with van der Waals surface area (Å²) in [6.45, 7) is 2.04. The quantitative estimate of drug-likeness (QED) is 0.248. The van der Waals surface area contributed by atoms with Gasteiger partial charge in [-0.2, -0.15) is 5.10 Å². The van der Waals surface area contributed by atoms with Crippen LogP contribution in [0.15, 0.2) is 39.8 Å². The number of aromatic amines is 1. The number of anilines is 3. The molecule has 4 aromatic rings. The molecule has 6 rings (SSSR count). The second-order valence-electron chi connectivity index (χ2n) is 10.2. The number of nitrogens with zero attached hydrogens (tertiary/aromatic N) is 3. The Hall–Kier alpha value is -4.01. The van der Waals surface area contributed by atoms with Gasteiger partial charge in [-0.25, -0.2) is 8.42 Å². The largest absolute Gasteiger partial charge is 0.495 e. The van der Waals surface area contributed by atoms with E-state index in [0.29, 0.717) is 47.3 Å². The molecule has 1 aliphatic heterocycles. The molecule has 1 aliphatic carbocycles. The van der Waals surface area contributed by atoms with Crippen molar-refractivity contribution in [1.29, 1.82) is 0 Å². The van der Waals surface area contributed by atoms with E-state index in [1.54, 1.807) is 24.3 Å². The number of rotatable bonds is 10.